The first-order valence-electron chi connectivity index (χ1n) is 8.38. The van der Waals surface area contributed by atoms with Crippen LogP contribution < -0.4 is 10.7 Å². The lowest BCUT2D eigenvalue weighted by Gasteiger charge is -2.03. The second kappa shape index (κ2) is 9.04. The summed E-state index contributed by atoms with van der Waals surface area (Å²) >= 11 is 0. The molecule has 10 nitrogen and oxygen atoms in total. The van der Waals surface area contributed by atoms with E-state index in [1.54, 1.807) is 48.8 Å². The number of nitrogens with one attached hydrogen (secondary N) is 2. The van der Waals surface area contributed by atoms with Crippen LogP contribution in [0.4, 0.5) is 5.69 Å². The Morgan fingerprint density at radius 2 is 2.03 bits per heavy atom. The van der Waals surface area contributed by atoms with Crippen LogP contribution in [0.1, 0.15) is 11.3 Å². The quantitative estimate of drug-likeness (QED) is 0.284. The molecule has 0 aliphatic carbocycles. The Bertz CT molecular complexity index is 1060. The Morgan fingerprint density at radius 3 is 2.79 bits per heavy atom. The lowest BCUT2D eigenvalue weighted by Crippen LogP contribution is -2.37. The molecule has 0 fully saturated rings. The number of aromatic nitrogens is 1. The molecule has 1 aromatic carbocycles. The third-order valence-electron chi connectivity index (χ3n) is 3.71. The highest BCUT2D eigenvalue weighted by molar-refractivity contribution is 6.35. The zero-order valence-corrected chi connectivity index (χ0v) is 14.9. The Labute approximate surface area is 164 Å². The first kappa shape index (κ1) is 19.4. The Hall–Kier alpha value is -4.34. The van der Waals surface area contributed by atoms with Crippen LogP contribution in [-0.4, -0.2) is 27.9 Å². The summed E-state index contributed by atoms with van der Waals surface area (Å²) in [5, 5.41) is 17.0. The molecular weight excluding hydrogens is 378 g/mol. The minimum Gasteiger partial charge on any atom is -0.455 e. The maximum Gasteiger partial charge on any atom is 0.329 e. The van der Waals surface area contributed by atoms with Gasteiger partial charge in [-0.2, -0.15) is 5.10 Å². The summed E-state index contributed by atoms with van der Waals surface area (Å²) in [6, 6.07) is 12.7. The van der Waals surface area contributed by atoms with Gasteiger partial charge in [-0.05, 0) is 23.8 Å². The van der Waals surface area contributed by atoms with Gasteiger partial charge in [0.15, 0.2) is 0 Å². The molecule has 2 aromatic heterocycles. The first-order valence-corrected chi connectivity index (χ1v) is 8.38. The van der Waals surface area contributed by atoms with Crippen LogP contribution in [0, 0.1) is 10.1 Å². The van der Waals surface area contributed by atoms with Gasteiger partial charge in [0.05, 0.1) is 11.1 Å². The molecule has 0 saturated carbocycles. The van der Waals surface area contributed by atoms with Gasteiger partial charge in [-0.1, -0.05) is 18.2 Å². The van der Waals surface area contributed by atoms with Crippen molar-refractivity contribution in [3.8, 4) is 11.3 Å². The van der Waals surface area contributed by atoms with Gasteiger partial charge in [0.25, 0.3) is 5.69 Å². The standard InChI is InChI=1S/C19H15N5O5/c25-18(21-11-13-3-2-8-20-10-13)19(26)23-22-12-16-6-7-17(29-16)14-4-1-5-15(9-14)24(27)28/h1-10,12H,11H2,(H,21,25)(H,23,26)/b22-12+. The maximum atomic E-state index is 11.7. The number of nitro benzene ring substituents is 1. The number of amides is 2. The molecule has 29 heavy (non-hydrogen) atoms. The number of pyridine rings is 1. The molecule has 146 valence electrons. The van der Waals surface area contributed by atoms with E-state index in [0.29, 0.717) is 17.1 Å². The number of carbonyl (C=O) groups excluding carboxylic acids is 2. The van der Waals surface area contributed by atoms with Crippen molar-refractivity contribution in [2.75, 3.05) is 0 Å². The molecule has 0 saturated heterocycles. The number of non-ortho nitro benzene ring substituents is 1. The molecule has 2 amide bonds. The first-order chi connectivity index (χ1) is 14.0. The Kier molecular flexibility index (Phi) is 6.05. The van der Waals surface area contributed by atoms with Crippen molar-refractivity contribution in [1.82, 2.24) is 15.7 Å². The summed E-state index contributed by atoms with van der Waals surface area (Å²) in [6.45, 7) is 0.161. The van der Waals surface area contributed by atoms with Gasteiger partial charge in [0, 0.05) is 36.6 Å². The van der Waals surface area contributed by atoms with Gasteiger partial charge in [0.1, 0.15) is 11.5 Å². The van der Waals surface area contributed by atoms with Crippen molar-refractivity contribution in [1.29, 1.82) is 0 Å². The largest absolute Gasteiger partial charge is 0.455 e. The Balaban J connectivity index is 1.54. The minimum atomic E-state index is -0.935. The summed E-state index contributed by atoms with van der Waals surface area (Å²) in [7, 11) is 0. The zero-order chi connectivity index (χ0) is 20.6. The van der Waals surface area contributed by atoms with Crippen LogP contribution in [0.25, 0.3) is 11.3 Å². The average molecular weight is 393 g/mol. The number of nitro groups is 1. The van der Waals surface area contributed by atoms with Crippen LogP contribution in [0.15, 0.2) is 70.4 Å². The number of nitrogens with zero attached hydrogens (tertiary/aromatic N) is 3. The number of furan rings is 1. The van der Waals surface area contributed by atoms with Gasteiger partial charge in [-0.15, -0.1) is 0 Å². The van der Waals surface area contributed by atoms with Gasteiger partial charge in [-0.25, -0.2) is 5.43 Å². The number of hydrazone groups is 1. The smallest absolute Gasteiger partial charge is 0.329 e. The molecule has 0 unspecified atom stereocenters. The van der Waals surface area contributed by atoms with E-state index in [-0.39, 0.29) is 12.2 Å². The second-order valence-electron chi connectivity index (χ2n) is 5.75. The molecule has 0 spiro atoms. The maximum absolute atomic E-state index is 11.7. The summed E-state index contributed by atoms with van der Waals surface area (Å²) in [5.41, 5.74) is 3.31. The number of carbonyl (C=O) groups is 2. The van der Waals surface area contributed by atoms with E-state index in [2.05, 4.69) is 20.8 Å². The summed E-state index contributed by atoms with van der Waals surface area (Å²) in [5.74, 6) is -1.09. The van der Waals surface area contributed by atoms with E-state index in [4.69, 9.17) is 4.42 Å². The van der Waals surface area contributed by atoms with Gasteiger partial charge in [0.2, 0.25) is 0 Å². The third-order valence-corrected chi connectivity index (χ3v) is 3.71. The molecule has 0 aliphatic heterocycles. The van der Waals surface area contributed by atoms with E-state index in [9.17, 15) is 19.7 Å². The van der Waals surface area contributed by atoms with E-state index >= 15 is 0 Å². The minimum absolute atomic E-state index is 0.0568. The highest BCUT2D eigenvalue weighted by atomic mass is 16.6. The van der Waals surface area contributed by atoms with Crippen molar-refractivity contribution in [2.45, 2.75) is 6.54 Å². The van der Waals surface area contributed by atoms with Crippen LogP contribution in [0.5, 0.6) is 0 Å². The van der Waals surface area contributed by atoms with E-state index in [1.165, 1.54) is 18.3 Å². The molecule has 0 bridgehead atoms. The molecule has 0 aliphatic rings. The number of hydrogen-bond donors (Lipinski definition) is 2. The molecule has 2 N–H and O–H groups in total. The van der Waals surface area contributed by atoms with Crippen molar-refractivity contribution in [2.24, 2.45) is 5.10 Å². The lowest BCUT2D eigenvalue weighted by molar-refractivity contribution is -0.384. The van der Waals surface area contributed by atoms with E-state index in [0.717, 1.165) is 5.56 Å². The van der Waals surface area contributed by atoms with Crippen LogP contribution in [0.2, 0.25) is 0 Å². The molecule has 2 heterocycles. The van der Waals surface area contributed by atoms with Gasteiger partial charge in [-0.3, -0.25) is 24.7 Å². The molecule has 0 radical (unpaired) electrons. The number of hydrogen-bond acceptors (Lipinski definition) is 7. The van der Waals surface area contributed by atoms with Crippen molar-refractivity contribution in [3.05, 3.63) is 82.4 Å². The lowest BCUT2D eigenvalue weighted by atomic mass is 10.1. The predicted molar refractivity (Wildman–Crippen MR) is 103 cm³/mol. The summed E-state index contributed by atoms with van der Waals surface area (Å²) < 4.78 is 5.52. The molecule has 10 heteroatoms. The van der Waals surface area contributed by atoms with E-state index in [1.807, 2.05) is 0 Å². The fraction of sp³-hybridized carbons (Fsp3) is 0.0526. The fourth-order valence-electron chi connectivity index (χ4n) is 2.32. The van der Waals surface area contributed by atoms with E-state index < -0.39 is 16.7 Å². The monoisotopic (exact) mass is 393 g/mol. The SMILES string of the molecule is O=C(NCc1cccnc1)C(=O)N/N=C/c1ccc(-c2cccc([N+](=O)[O-])c2)o1. The summed E-state index contributed by atoms with van der Waals surface area (Å²) in [4.78, 5) is 37.7. The van der Waals surface area contributed by atoms with Crippen molar-refractivity contribution in [3.63, 3.8) is 0 Å². The molecular formula is C19H15N5O5. The second-order valence-corrected chi connectivity index (χ2v) is 5.75. The zero-order valence-electron chi connectivity index (χ0n) is 14.9. The number of rotatable bonds is 6. The fourth-order valence-corrected chi connectivity index (χ4v) is 2.32. The van der Waals surface area contributed by atoms with Crippen LogP contribution in [-0.2, 0) is 16.1 Å². The van der Waals surface area contributed by atoms with Crippen molar-refractivity contribution >= 4 is 23.7 Å². The molecule has 3 aromatic rings. The van der Waals surface area contributed by atoms with Crippen LogP contribution >= 0.6 is 0 Å². The van der Waals surface area contributed by atoms with Gasteiger partial charge >= 0.3 is 11.8 Å². The third kappa shape index (κ3) is 5.32. The van der Waals surface area contributed by atoms with Gasteiger partial charge < -0.3 is 9.73 Å². The van der Waals surface area contributed by atoms with Crippen LogP contribution in [0.3, 0.4) is 0 Å². The highest BCUT2D eigenvalue weighted by Crippen LogP contribution is 2.25. The Morgan fingerprint density at radius 1 is 1.17 bits per heavy atom. The topological polar surface area (TPSA) is 140 Å². The summed E-state index contributed by atoms with van der Waals surface area (Å²) in [6.07, 6.45) is 4.39. The number of benzene rings is 1. The van der Waals surface area contributed by atoms with Crippen molar-refractivity contribution < 1.29 is 18.9 Å². The highest BCUT2D eigenvalue weighted by Gasteiger charge is 2.12. The predicted octanol–water partition coefficient (Wildman–Crippen LogP) is 2.02. The molecule has 0 atom stereocenters. The normalized spacial score (nSPS) is 10.6. The molecule has 3 rings (SSSR count). The average Bonchev–Trinajstić information content (AvgIpc) is 3.21.